The van der Waals surface area contributed by atoms with Gasteiger partial charge in [-0.25, -0.2) is 4.79 Å². The van der Waals surface area contributed by atoms with Crippen LogP contribution in [0.4, 0.5) is 0 Å². The van der Waals surface area contributed by atoms with Gasteiger partial charge in [0.05, 0.1) is 5.41 Å². The van der Waals surface area contributed by atoms with Crippen molar-refractivity contribution in [2.45, 2.75) is 58.3 Å². The van der Waals surface area contributed by atoms with Crippen molar-refractivity contribution in [1.82, 2.24) is 0 Å². The highest BCUT2D eigenvalue weighted by atomic mass is 17.1. The molecule has 1 saturated carbocycles. The van der Waals surface area contributed by atoms with E-state index in [0.717, 1.165) is 44.9 Å². The van der Waals surface area contributed by atoms with Crippen molar-refractivity contribution < 1.29 is 14.9 Å². The third kappa shape index (κ3) is 2.47. The zero-order valence-corrected chi connectivity index (χ0v) is 8.92. The van der Waals surface area contributed by atoms with Gasteiger partial charge in [0.2, 0.25) is 0 Å². The van der Waals surface area contributed by atoms with E-state index < -0.39 is 5.97 Å². The Morgan fingerprint density at radius 3 is 2.50 bits per heavy atom. The van der Waals surface area contributed by atoms with Gasteiger partial charge in [0.1, 0.15) is 0 Å². The van der Waals surface area contributed by atoms with Gasteiger partial charge in [0.15, 0.2) is 0 Å². The number of carbonyl (C=O) groups excluding carboxylic acids is 1. The van der Waals surface area contributed by atoms with Crippen LogP contribution < -0.4 is 0 Å². The van der Waals surface area contributed by atoms with Crippen LogP contribution in [0.2, 0.25) is 0 Å². The summed E-state index contributed by atoms with van der Waals surface area (Å²) in [5.74, 6) is -0.411. The number of unbranched alkanes of at least 4 members (excludes halogenated alkanes) is 1. The van der Waals surface area contributed by atoms with Crippen molar-refractivity contribution in [3.63, 3.8) is 0 Å². The van der Waals surface area contributed by atoms with Gasteiger partial charge in [-0.05, 0) is 19.3 Å². The van der Waals surface area contributed by atoms with Gasteiger partial charge in [-0.3, -0.25) is 0 Å². The highest BCUT2D eigenvalue weighted by Crippen LogP contribution is 2.41. The molecule has 0 aromatic heterocycles. The SMILES string of the molecule is CCCCC1(C(=O)OO)CCCCC1. The van der Waals surface area contributed by atoms with Crippen molar-refractivity contribution in [1.29, 1.82) is 0 Å². The molecule has 1 aliphatic carbocycles. The normalized spacial score (nSPS) is 20.4. The molecule has 14 heavy (non-hydrogen) atoms. The van der Waals surface area contributed by atoms with E-state index >= 15 is 0 Å². The predicted octanol–water partition coefficient (Wildman–Crippen LogP) is 3.14. The van der Waals surface area contributed by atoms with E-state index in [9.17, 15) is 4.79 Å². The Bertz CT molecular complexity index is 183. The Morgan fingerprint density at radius 2 is 2.00 bits per heavy atom. The molecule has 0 atom stereocenters. The maximum absolute atomic E-state index is 11.5. The van der Waals surface area contributed by atoms with E-state index in [0.29, 0.717) is 0 Å². The van der Waals surface area contributed by atoms with Crippen molar-refractivity contribution in [2.75, 3.05) is 0 Å². The van der Waals surface area contributed by atoms with Gasteiger partial charge < -0.3 is 4.89 Å². The van der Waals surface area contributed by atoms with Crippen LogP contribution in [-0.4, -0.2) is 11.2 Å². The largest absolute Gasteiger partial charge is 0.348 e. The van der Waals surface area contributed by atoms with Gasteiger partial charge >= 0.3 is 5.97 Å². The molecule has 0 aromatic rings. The molecule has 1 rings (SSSR count). The number of hydrogen-bond acceptors (Lipinski definition) is 3. The summed E-state index contributed by atoms with van der Waals surface area (Å²) < 4.78 is 0. The summed E-state index contributed by atoms with van der Waals surface area (Å²) >= 11 is 0. The lowest BCUT2D eigenvalue weighted by Gasteiger charge is -2.33. The van der Waals surface area contributed by atoms with Crippen LogP contribution in [-0.2, 0) is 9.68 Å². The average molecular weight is 200 g/mol. The zero-order valence-electron chi connectivity index (χ0n) is 8.92. The van der Waals surface area contributed by atoms with Gasteiger partial charge in [-0.2, -0.15) is 5.26 Å². The van der Waals surface area contributed by atoms with E-state index in [4.69, 9.17) is 5.26 Å². The topological polar surface area (TPSA) is 46.5 Å². The molecule has 0 saturated heterocycles. The number of hydrogen-bond donors (Lipinski definition) is 1. The second kappa shape index (κ2) is 5.35. The average Bonchev–Trinajstić information content (AvgIpc) is 2.26. The van der Waals surface area contributed by atoms with E-state index in [1.807, 2.05) is 0 Å². The first-order valence-corrected chi connectivity index (χ1v) is 5.61. The fourth-order valence-corrected chi connectivity index (χ4v) is 2.40. The van der Waals surface area contributed by atoms with E-state index in [-0.39, 0.29) is 5.41 Å². The van der Waals surface area contributed by atoms with Crippen LogP contribution in [0.1, 0.15) is 58.3 Å². The monoisotopic (exact) mass is 200 g/mol. The Morgan fingerprint density at radius 1 is 1.36 bits per heavy atom. The Hall–Kier alpha value is -0.570. The summed E-state index contributed by atoms with van der Waals surface area (Å²) in [7, 11) is 0. The number of rotatable bonds is 4. The molecule has 0 unspecified atom stereocenters. The molecule has 0 bridgehead atoms. The number of carbonyl (C=O) groups is 1. The summed E-state index contributed by atoms with van der Waals surface area (Å²) in [6, 6.07) is 0. The van der Waals surface area contributed by atoms with Crippen LogP contribution in [0.25, 0.3) is 0 Å². The van der Waals surface area contributed by atoms with E-state index in [2.05, 4.69) is 11.8 Å². The van der Waals surface area contributed by atoms with Crippen LogP contribution in [0.15, 0.2) is 0 Å². The molecule has 3 heteroatoms. The molecule has 1 aliphatic rings. The predicted molar refractivity (Wildman–Crippen MR) is 53.8 cm³/mol. The van der Waals surface area contributed by atoms with Crippen molar-refractivity contribution >= 4 is 5.97 Å². The lowest BCUT2D eigenvalue weighted by molar-refractivity contribution is -0.247. The van der Waals surface area contributed by atoms with Gasteiger partial charge in [-0.1, -0.05) is 39.0 Å². The molecule has 0 aromatic carbocycles. The first-order chi connectivity index (χ1) is 6.75. The van der Waals surface area contributed by atoms with Gasteiger partial charge in [0, 0.05) is 0 Å². The Kier molecular flexibility index (Phi) is 4.39. The summed E-state index contributed by atoms with van der Waals surface area (Å²) in [6.07, 6.45) is 8.11. The third-order valence-corrected chi connectivity index (χ3v) is 3.34. The van der Waals surface area contributed by atoms with Crippen LogP contribution in [0, 0.1) is 5.41 Å². The van der Waals surface area contributed by atoms with E-state index in [1.54, 1.807) is 0 Å². The molecular formula is C11H20O3. The maximum Gasteiger partial charge on any atom is 0.348 e. The van der Waals surface area contributed by atoms with Crippen molar-refractivity contribution in [3.05, 3.63) is 0 Å². The lowest BCUT2D eigenvalue weighted by Crippen LogP contribution is -2.34. The minimum atomic E-state index is -0.411. The lowest BCUT2D eigenvalue weighted by atomic mass is 9.71. The fourth-order valence-electron chi connectivity index (χ4n) is 2.40. The van der Waals surface area contributed by atoms with Crippen LogP contribution >= 0.6 is 0 Å². The first-order valence-electron chi connectivity index (χ1n) is 5.61. The Balaban J connectivity index is 2.61. The van der Waals surface area contributed by atoms with Gasteiger partial charge in [-0.15, -0.1) is 0 Å². The smallest absolute Gasteiger partial charge is 0.300 e. The zero-order chi connectivity index (χ0) is 10.4. The molecule has 0 heterocycles. The highest BCUT2D eigenvalue weighted by molar-refractivity contribution is 5.76. The molecule has 1 N–H and O–H groups in total. The van der Waals surface area contributed by atoms with Crippen LogP contribution in [0.5, 0.6) is 0 Å². The molecule has 0 spiro atoms. The molecule has 3 nitrogen and oxygen atoms in total. The summed E-state index contributed by atoms with van der Waals surface area (Å²) in [4.78, 5) is 15.5. The first kappa shape index (κ1) is 11.5. The van der Waals surface area contributed by atoms with Crippen LogP contribution in [0.3, 0.4) is 0 Å². The summed E-state index contributed by atoms with van der Waals surface area (Å²) in [5.41, 5.74) is -0.372. The molecule has 0 radical (unpaired) electrons. The van der Waals surface area contributed by atoms with Gasteiger partial charge in [0.25, 0.3) is 0 Å². The summed E-state index contributed by atoms with van der Waals surface area (Å²) in [5, 5.41) is 8.50. The Labute approximate surface area is 85.4 Å². The highest BCUT2D eigenvalue weighted by Gasteiger charge is 2.40. The minimum absolute atomic E-state index is 0.372. The molecule has 0 aliphatic heterocycles. The quantitative estimate of drug-likeness (QED) is 0.560. The molecular weight excluding hydrogens is 180 g/mol. The van der Waals surface area contributed by atoms with Crippen molar-refractivity contribution in [2.24, 2.45) is 5.41 Å². The maximum atomic E-state index is 11.5. The standard InChI is InChI=1S/C11H20O3/c1-2-3-7-11(10(12)14-13)8-5-4-6-9-11/h13H,2-9H2,1H3. The second-order valence-corrected chi connectivity index (χ2v) is 4.32. The molecule has 1 fully saturated rings. The van der Waals surface area contributed by atoms with Crippen molar-refractivity contribution in [3.8, 4) is 0 Å². The van der Waals surface area contributed by atoms with E-state index in [1.165, 1.54) is 6.42 Å². The molecule has 82 valence electrons. The third-order valence-electron chi connectivity index (χ3n) is 3.34. The second-order valence-electron chi connectivity index (χ2n) is 4.32. The molecule has 0 amide bonds. The fraction of sp³-hybridized carbons (Fsp3) is 0.909. The summed E-state index contributed by atoms with van der Waals surface area (Å²) in [6.45, 7) is 2.11. The minimum Gasteiger partial charge on any atom is -0.300 e.